The molecule has 0 bridgehead atoms. The van der Waals surface area contributed by atoms with Gasteiger partial charge in [-0.15, -0.1) is 0 Å². The molecule has 3 nitrogen and oxygen atoms in total. The van der Waals surface area contributed by atoms with Crippen LogP contribution in [0.3, 0.4) is 0 Å². The van der Waals surface area contributed by atoms with Crippen LogP contribution in [0.25, 0.3) is 0 Å². The summed E-state index contributed by atoms with van der Waals surface area (Å²) >= 11 is 0. The lowest BCUT2D eigenvalue weighted by Crippen LogP contribution is -2.33. The van der Waals surface area contributed by atoms with Gasteiger partial charge in [0.2, 0.25) is 0 Å². The Morgan fingerprint density at radius 3 is 1.96 bits per heavy atom. The maximum Gasteiger partial charge on any atom is 0.163 e. The summed E-state index contributed by atoms with van der Waals surface area (Å²) in [6.07, 6.45) is 10.8. The molecule has 24 heavy (non-hydrogen) atoms. The van der Waals surface area contributed by atoms with Gasteiger partial charge >= 0.3 is 0 Å². The lowest BCUT2D eigenvalue weighted by molar-refractivity contribution is -0.00726. The predicted molar refractivity (Wildman–Crippen MR) is 93.1 cm³/mol. The fraction of sp³-hybridized carbons (Fsp3) is 0.667. The summed E-state index contributed by atoms with van der Waals surface area (Å²) in [7, 11) is 0. The van der Waals surface area contributed by atoms with Crippen molar-refractivity contribution in [3.8, 4) is 0 Å². The topological polar surface area (TPSA) is 57.5 Å². The Morgan fingerprint density at radius 1 is 0.750 bits per heavy atom. The van der Waals surface area contributed by atoms with Crippen LogP contribution in [0.1, 0.15) is 97.7 Å². The van der Waals surface area contributed by atoms with Crippen LogP contribution in [0.2, 0.25) is 0 Å². The second-order valence-electron chi connectivity index (χ2n) is 8.16. The first-order valence-corrected chi connectivity index (χ1v) is 9.68. The molecule has 4 rings (SSSR count). The Kier molecular flexibility index (Phi) is 4.04. The number of hydrogen-bond donors (Lipinski definition) is 2. The van der Waals surface area contributed by atoms with E-state index < -0.39 is 11.2 Å². The molecule has 0 aromatic heterocycles. The number of benzene rings is 1. The molecule has 0 radical (unpaired) electrons. The van der Waals surface area contributed by atoms with Crippen molar-refractivity contribution in [3.05, 3.63) is 34.4 Å². The minimum absolute atomic E-state index is 0.173. The van der Waals surface area contributed by atoms with Crippen molar-refractivity contribution in [3.63, 3.8) is 0 Å². The molecular formula is C21H28O3. The Balaban J connectivity index is 1.83. The third kappa shape index (κ3) is 2.62. The van der Waals surface area contributed by atoms with Crippen LogP contribution in [0.4, 0.5) is 0 Å². The van der Waals surface area contributed by atoms with Crippen LogP contribution in [0, 0.1) is 0 Å². The van der Waals surface area contributed by atoms with Crippen molar-refractivity contribution < 1.29 is 15.0 Å². The first-order valence-electron chi connectivity index (χ1n) is 9.68. The molecule has 2 fully saturated rings. The minimum atomic E-state index is -0.823. The number of fused-ring (bicyclic) bond motifs is 1. The molecule has 0 spiro atoms. The van der Waals surface area contributed by atoms with Crippen molar-refractivity contribution in [1.82, 2.24) is 0 Å². The first-order chi connectivity index (χ1) is 11.5. The SMILES string of the molecule is O=C1CCc2c1cc(C1(O)CCCCC1)cc2C1(O)CCCCC1. The zero-order chi connectivity index (χ0) is 16.8. The fourth-order valence-electron chi connectivity index (χ4n) is 5.08. The standard InChI is InChI=1S/C21H28O3/c22-19-8-7-16-17(19)13-15(20(23)9-3-1-4-10-20)14-18(16)21(24)11-5-2-6-12-21/h13-14,23-24H,1-12H2. The summed E-state index contributed by atoms with van der Waals surface area (Å²) in [5, 5.41) is 22.5. The number of hydrogen-bond acceptors (Lipinski definition) is 3. The molecule has 1 aromatic carbocycles. The summed E-state index contributed by atoms with van der Waals surface area (Å²) < 4.78 is 0. The third-order valence-corrected chi connectivity index (χ3v) is 6.55. The van der Waals surface area contributed by atoms with Crippen molar-refractivity contribution >= 4 is 5.78 Å². The smallest absolute Gasteiger partial charge is 0.163 e. The minimum Gasteiger partial charge on any atom is -0.385 e. The summed E-state index contributed by atoms with van der Waals surface area (Å²) in [4.78, 5) is 12.4. The van der Waals surface area contributed by atoms with Gasteiger partial charge in [0.1, 0.15) is 0 Å². The highest BCUT2D eigenvalue weighted by atomic mass is 16.3. The molecule has 0 amide bonds. The van der Waals surface area contributed by atoms with E-state index in [-0.39, 0.29) is 5.78 Å². The van der Waals surface area contributed by atoms with Gasteiger partial charge in [0.15, 0.2) is 5.78 Å². The van der Waals surface area contributed by atoms with Crippen LogP contribution in [0.15, 0.2) is 12.1 Å². The van der Waals surface area contributed by atoms with Gasteiger partial charge < -0.3 is 10.2 Å². The summed E-state index contributed by atoms with van der Waals surface area (Å²) in [5.74, 6) is 0.173. The summed E-state index contributed by atoms with van der Waals surface area (Å²) in [6.45, 7) is 0. The predicted octanol–water partition coefficient (Wildman–Crippen LogP) is 4.12. The lowest BCUT2D eigenvalue weighted by Gasteiger charge is -2.37. The van der Waals surface area contributed by atoms with Crippen LogP contribution in [-0.2, 0) is 17.6 Å². The van der Waals surface area contributed by atoms with Crippen molar-refractivity contribution in [1.29, 1.82) is 0 Å². The van der Waals surface area contributed by atoms with E-state index in [0.717, 1.165) is 80.0 Å². The van der Waals surface area contributed by atoms with Gasteiger partial charge in [0.25, 0.3) is 0 Å². The Bertz CT molecular complexity index is 649. The number of carbonyl (C=O) groups is 1. The lowest BCUT2D eigenvalue weighted by atomic mass is 9.73. The van der Waals surface area contributed by atoms with E-state index in [1.807, 2.05) is 12.1 Å². The largest absolute Gasteiger partial charge is 0.385 e. The van der Waals surface area contributed by atoms with Crippen LogP contribution < -0.4 is 0 Å². The van der Waals surface area contributed by atoms with Gasteiger partial charge in [0.05, 0.1) is 11.2 Å². The maximum absolute atomic E-state index is 12.4. The number of carbonyl (C=O) groups excluding carboxylic acids is 1. The van der Waals surface area contributed by atoms with E-state index >= 15 is 0 Å². The zero-order valence-corrected chi connectivity index (χ0v) is 14.4. The molecule has 0 saturated heterocycles. The van der Waals surface area contributed by atoms with Crippen LogP contribution >= 0.6 is 0 Å². The normalized spacial score (nSPS) is 25.5. The fourth-order valence-corrected chi connectivity index (χ4v) is 5.08. The summed E-state index contributed by atoms with van der Waals surface area (Å²) in [6, 6.07) is 3.99. The van der Waals surface area contributed by atoms with E-state index in [0.29, 0.717) is 6.42 Å². The quantitative estimate of drug-likeness (QED) is 0.858. The maximum atomic E-state index is 12.4. The van der Waals surface area contributed by atoms with E-state index in [1.165, 1.54) is 12.8 Å². The number of Topliss-reactive ketones (excluding diaryl/α,β-unsaturated/α-hetero) is 1. The third-order valence-electron chi connectivity index (χ3n) is 6.55. The molecule has 130 valence electrons. The Morgan fingerprint density at radius 2 is 1.33 bits per heavy atom. The average Bonchev–Trinajstić information content (AvgIpc) is 2.97. The molecule has 3 heteroatoms. The van der Waals surface area contributed by atoms with Gasteiger partial charge in [-0.05, 0) is 60.9 Å². The highest BCUT2D eigenvalue weighted by Gasteiger charge is 2.39. The molecule has 2 N–H and O–H groups in total. The molecule has 0 heterocycles. The Hall–Kier alpha value is -1.19. The van der Waals surface area contributed by atoms with Gasteiger partial charge in [0, 0.05) is 12.0 Å². The molecule has 0 atom stereocenters. The molecule has 2 saturated carbocycles. The first kappa shape index (κ1) is 16.3. The second kappa shape index (κ2) is 5.96. The van der Waals surface area contributed by atoms with Crippen molar-refractivity contribution in [2.24, 2.45) is 0 Å². The zero-order valence-electron chi connectivity index (χ0n) is 14.4. The van der Waals surface area contributed by atoms with Crippen molar-refractivity contribution in [2.75, 3.05) is 0 Å². The molecular weight excluding hydrogens is 300 g/mol. The van der Waals surface area contributed by atoms with Crippen LogP contribution in [-0.4, -0.2) is 16.0 Å². The highest BCUT2D eigenvalue weighted by Crippen LogP contribution is 2.45. The monoisotopic (exact) mass is 328 g/mol. The molecule has 0 aliphatic heterocycles. The van der Waals surface area contributed by atoms with E-state index in [9.17, 15) is 15.0 Å². The van der Waals surface area contributed by atoms with Gasteiger partial charge in [-0.25, -0.2) is 0 Å². The van der Waals surface area contributed by atoms with Crippen molar-refractivity contribution in [2.45, 2.75) is 88.3 Å². The van der Waals surface area contributed by atoms with Gasteiger partial charge in [-0.1, -0.05) is 38.5 Å². The second-order valence-corrected chi connectivity index (χ2v) is 8.16. The van der Waals surface area contributed by atoms with E-state index in [2.05, 4.69) is 0 Å². The Labute approximate surface area is 144 Å². The van der Waals surface area contributed by atoms with Crippen LogP contribution in [0.5, 0.6) is 0 Å². The van der Waals surface area contributed by atoms with Gasteiger partial charge in [-0.2, -0.15) is 0 Å². The average molecular weight is 328 g/mol. The molecule has 0 unspecified atom stereocenters. The van der Waals surface area contributed by atoms with E-state index in [4.69, 9.17) is 0 Å². The van der Waals surface area contributed by atoms with Gasteiger partial charge in [-0.3, -0.25) is 4.79 Å². The molecule has 3 aliphatic rings. The number of rotatable bonds is 2. The number of aliphatic hydroxyl groups is 2. The highest BCUT2D eigenvalue weighted by molar-refractivity contribution is 6.01. The molecule has 3 aliphatic carbocycles. The summed E-state index contributed by atoms with van der Waals surface area (Å²) in [5.41, 5.74) is 1.99. The number of ketones is 1. The molecule has 1 aromatic rings. The van der Waals surface area contributed by atoms with E-state index in [1.54, 1.807) is 0 Å².